The number of non-ortho nitro benzene ring substituents is 1. The topological polar surface area (TPSA) is 115 Å². The number of nitro groups is 1. The molecule has 3 rings (SSSR count). The van der Waals surface area contributed by atoms with Crippen molar-refractivity contribution in [3.05, 3.63) is 46.5 Å². The van der Waals surface area contributed by atoms with Crippen molar-refractivity contribution in [1.29, 1.82) is 0 Å². The number of rotatable bonds is 10. The summed E-state index contributed by atoms with van der Waals surface area (Å²) in [5, 5.41) is 16.6. The summed E-state index contributed by atoms with van der Waals surface area (Å²) in [6.45, 7) is 7.48. The molecule has 0 aromatic heterocycles. The summed E-state index contributed by atoms with van der Waals surface area (Å²) in [4.78, 5) is 25.0. The molecular formula is C22H28N4O6. The van der Waals surface area contributed by atoms with E-state index >= 15 is 0 Å². The van der Waals surface area contributed by atoms with E-state index in [1.807, 2.05) is 19.9 Å². The first-order chi connectivity index (χ1) is 15.5. The van der Waals surface area contributed by atoms with Crippen LogP contribution in [0, 0.1) is 10.1 Å². The predicted octanol–water partition coefficient (Wildman–Crippen LogP) is 3.28. The summed E-state index contributed by atoms with van der Waals surface area (Å²) in [5.74, 6) is 0.934. The van der Waals surface area contributed by atoms with Crippen molar-refractivity contribution in [3.63, 3.8) is 0 Å². The van der Waals surface area contributed by atoms with E-state index in [0.717, 1.165) is 18.8 Å². The van der Waals surface area contributed by atoms with E-state index in [9.17, 15) is 14.9 Å². The number of nitrogens with one attached hydrogen (secondary N) is 2. The third-order valence-corrected chi connectivity index (χ3v) is 4.82. The first-order valence-electron chi connectivity index (χ1n) is 10.6. The lowest BCUT2D eigenvalue weighted by Gasteiger charge is -2.31. The maximum Gasteiger partial charge on any atom is 0.269 e. The molecule has 1 aliphatic heterocycles. The van der Waals surface area contributed by atoms with Gasteiger partial charge in [-0.2, -0.15) is 0 Å². The van der Waals surface area contributed by atoms with Gasteiger partial charge in [-0.25, -0.2) is 0 Å². The normalized spacial score (nSPS) is 13.4. The number of morpholine rings is 1. The van der Waals surface area contributed by atoms with E-state index in [1.54, 1.807) is 18.2 Å². The van der Waals surface area contributed by atoms with Crippen molar-refractivity contribution < 1.29 is 23.9 Å². The molecule has 1 fully saturated rings. The standard InChI is InChI=1S/C22H28N4O6/c1-3-31-20-14-19(25-9-11-30-12-10-25)21(32-4-2)13-18(20)24-22(27)15-23-16-5-7-17(8-6-16)26(28)29/h5-8,13-14,23H,3-4,9-12,15H2,1-2H3,(H,24,27). The second kappa shape index (κ2) is 11.2. The summed E-state index contributed by atoms with van der Waals surface area (Å²) in [6, 6.07) is 9.54. The van der Waals surface area contributed by atoms with Gasteiger partial charge in [0.05, 0.1) is 49.3 Å². The number of carbonyl (C=O) groups is 1. The van der Waals surface area contributed by atoms with Gasteiger partial charge in [-0.05, 0) is 26.0 Å². The van der Waals surface area contributed by atoms with Crippen LogP contribution in [-0.2, 0) is 9.53 Å². The van der Waals surface area contributed by atoms with Crippen LogP contribution in [0.25, 0.3) is 0 Å². The second-order valence-corrected chi connectivity index (χ2v) is 6.99. The Bertz CT molecular complexity index is 929. The molecule has 1 aliphatic rings. The zero-order valence-corrected chi connectivity index (χ0v) is 18.3. The fraction of sp³-hybridized carbons (Fsp3) is 0.409. The van der Waals surface area contributed by atoms with Crippen LogP contribution in [0.2, 0.25) is 0 Å². The van der Waals surface area contributed by atoms with E-state index in [0.29, 0.717) is 49.3 Å². The zero-order chi connectivity index (χ0) is 22.9. The minimum atomic E-state index is -0.470. The van der Waals surface area contributed by atoms with Crippen LogP contribution >= 0.6 is 0 Å². The van der Waals surface area contributed by atoms with Gasteiger partial charge in [-0.3, -0.25) is 14.9 Å². The molecule has 0 aliphatic carbocycles. The van der Waals surface area contributed by atoms with Gasteiger partial charge in [-0.1, -0.05) is 0 Å². The predicted molar refractivity (Wildman–Crippen MR) is 122 cm³/mol. The first kappa shape index (κ1) is 23.1. The van der Waals surface area contributed by atoms with Crippen molar-refractivity contribution in [2.75, 3.05) is 61.6 Å². The smallest absolute Gasteiger partial charge is 0.269 e. The fourth-order valence-electron chi connectivity index (χ4n) is 3.32. The lowest BCUT2D eigenvalue weighted by molar-refractivity contribution is -0.384. The molecule has 1 amide bonds. The van der Waals surface area contributed by atoms with Crippen LogP contribution in [0.15, 0.2) is 36.4 Å². The Morgan fingerprint density at radius 3 is 2.38 bits per heavy atom. The van der Waals surface area contributed by atoms with Crippen LogP contribution in [0.5, 0.6) is 11.5 Å². The highest BCUT2D eigenvalue weighted by Crippen LogP contribution is 2.39. The number of amides is 1. The molecule has 0 bridgehead atoms. The van der Waals surface area contributed by atoms with Gasteiger partial charge in [0.2, 0.25) is 5.91 Å². The number of ether oxygens (including phenoxy) is 3. The maximum absolute atomic E-state index is 12.6. The highest BCUT2D eigenvalue weighted by atomic mass is 16.6. The molecule has 2 N–H and O–H groups in total. The summed E-state index contributed by atoms with van der Waals surface area (Å²) in [7, 11) is 0. The minimum absolute atomic E-state index is 0.00910. The SMILES string of the molecule is CCOc1cc(N2CCOCC2)c(OCC)cc1NC(=O)CNc1ccc([N+](=O)[O-])cc1. The average Bonchev–Trinajstić information content (AvgIpc) is 2.80. The number of nitro benzene ring substituents is 1. The Labute approximate surface area is 186 Å². The molecule has 1 saturated heterocycles. The number of anilines is 3. The molecule has 2 aromatic carbocycles. The van der Waals surface area contributed by atoms with Gasteiger partial charge in [0, 0.05) is 43.0 Å². The molecule has 0 radical (unpaired) electrons. The van der Waals surface area contributed by atoms with E-state index < -0.39 is 4.92 Å². The lowest BCUT2D eigenvalue weighted by Crippen LogP contribution is -2.36. The van der Waals surface area contributed by atoms with E-state index in [-0.39, 0.29) is 18.1 Å². The minimum Gasteiger partial charge on any atom is -0.492 e. The van der Waals surface area contributed by atoms with E-state index in [4.69, 9.17) is 14.2 Å². The highest BCUT2D eigenvalue weighted by molar-refractivity contribution is 5.96. The van der Waals surface area contributed by atoms with Crippen molar-refractivity contribution in [2.24, 2.45) is 0 Å². The van der Waals surface area contributed by atoms with Gasteiger partial charge in [-0.15, -0.1) is 0 Å². The molecule has 32 heavy (non-hydrogen) atoms. The lowest BCUT2D eigenvalue weighted by atomic mass is 10.2. The van der Waals surface area contributed by atoms with Crippen LogP contribution in [0.4, 0.5) is 22.7 Å². The largest absolute Gasteiger partial charge is 0.492 e. The van der Waals surface area contributed by atoms with Gasteiger partial charge in [0.25, 0.3) is 5.69 Å². The van der Waals surface area contributed by atoms with Crippen molar-refractivity contribution in [1.82, 2.24) is 0 Å². The Morgan fingerprint density at radius 1 is 1.09 bits per heavy atom. The molecule has 10 heteroatoms. The molecular weight excluding hydrogens is 416 g/mol. The third kappa shape index (κ3) is 6.01. The molecule has 0 saturated carbocycles. The Morgan fingerprint density at radius 2 is 1.75 bits per heavy atom. The quantitative estimate of drug-likeness (QED) is 0.424. The molecule has 0 spiro atoms. The number of hydrogen-bond acceptors (Lipinski definition) is 8. The van der Waals surface area contributed by atoms with Crippen LogP contribution in [-0.4, -0.2) is 56.9 Å². The molecule has 0 atom stereocenters. The van der Waals surface area contributed by atoms with E-state index in [1.165, 1.54) is 12.1 Å². The molecule has 172 valence electrons. The number of carbonyl (C=O) groups excluding carboxylic acids is 1. The Hall–Kier alpha value is -3.53. The van der Waals surface area contributed by atoms with E-state index in [2.05, 4.69) is 15.5 Å². The number of benzene rings is 2. The average molecular weight is 444 g/mol. The molecule has 1 heterocycles. The van der Waals surface area contributed by atoms with Gasteiger partial charge >= 0.3 is 0 Å². The zero-order valence-electron chi connectivity index (χ0n) is 18.3. The number of nitrogens with zero attached hydrogens (tertiary/aromatic N) is 2. The third-order valence-electron chi connectivity index (χ3n) is 4.82. The molecule has 0 unspecified atom stereocenters. The first-order valence-corrected chi connectivity index (χ1v) is 10.6. The monoisotopic (exact) mass is 444 g/mol. The Balaban J connectivity index is 1.73. The summed E-state index contributed by atoms with van der Waals surface area (Å²) >= 11 is 0. The fourth-order valence-corrected chi connectivity index (χ4v) is 3.32. The van der Waals surface area contributed by atoms with Gasteiger partial charge in [0.15, 0.2) is 0 Å². The maximum atomic E-state index is 12.6. The van der Waals surface area contributed by atoms with Crippen molar-refractivity contribution in [3.8, 4) is 11.5 Å². The summed E-state index contributed by atoms with van der Waals surface area (Å²) in [6.07, 6.45) is 0. The summed E-state index contributed by atoms with van der Waals surface area (Å²) < 4.78 is 17.1. The highest BCUT2D eigenvalue weighted by Gasteiger charge is 2.20. The van der Waals surface area contributed by atoms with Gasteiger partial charge < -0.3 is 29.7 Å². The van der Waals surface area contributed by atoms with Crippen LogP contribution in [0.1, 0.15) is 13.8 Å². The molecule has 10 nitrogen and oxygen atoms in total. The van der Waals surface area contributed by atoms with Crippen LogP contribution < -0.4 is 25.0 Å². The van der Waals surface area contributed by atoms with Crippen LogP contribution in [0.3, 0.4) is 0 Å². The second-order valence-electron chi connectivity index (χ2n) is 6.99. The van der Waals surface area contributed by atoms with Gasteiger partial charge in [0.1, 0.15) is 11.5 Å². The molecule has 2 aromatic rings. The Kier molecular flexibility index (Phi) is 8.09. The van der Waals surface area contributed by atoms with Crippen molar-refractivity contribution in [2.45, 2.75) is 13.8 Å². The number of hydrogen-bond donors (Lipinski definition) is 2. The van der Waals surface area contributed by atoms with Crippen molar-refractivity contribution >= 4 is 28.7 Å². The summed E-state index contributed by atoms with van der Waals surface area (Å²) in [5.41, 5.74) is 2.02.